The van der Waals surface area contributed by atoms with Crippen LogP contribution < -0.4 is 14.5 Å². The van der Waals surface area contributed by atoms with E-state index in [4.69, 9.17) is 14.7 Å². The van der Waals surface area contributed by atoms with Crippen molar-refractivity contribution in [2.45, 2.75) is 51.2 Å². The molecule has 1 N–H and O–H groups in total. The molecule has 0 spiro atoms. The number of rotatable bonds is 6. The number of anilines is 2. The molecule has 10 heteroatoms. The summed E-state index contributed by atoms with van der Waals surface area (Å²) in [6, 6.07) is 15.3. The van der Waals surface area contributed by atoms with Gasteiger partial charge in [-0.25, -0.2) is 4.79 Å². The number of aromatic nitrogens is 2. The number of likely N-dealkylation sites (tertiary alicyclic amines) is 1. The Morgan fingerprint density at radius 1 is 1.10 bits per heavy atom. The van der Waals surface area contributed by atoms with Gasteiger partial charge in [-0.3, -0.25) is 0 Å². The molecule has 0 unspecified atom stereocenters. The average molecular weight is 556 g/mol. The molecule has 1 amide bonds. The maximum atomic E-state index is 11.9. The van der Waals surface area contributed by atoms with Crippen molar-refractivity contribution in [1.29, 1.82) is 5.26 Å². The molecule has 6 rings (SSSR count). The molecular formula is C31H37N7O3. The fraction of sp³-hybridized carbons (Fsp3) is 0.484. The second-order valence-corrected chi connectivity index (χ2v) is 11.4. The molecule has 2 atom stereocenters. The summed E-state index contributed by atoms with van der Waals surface area (Å²) in [5, 5.41) is 21.6. The summed E-state index contributed by atoms with van der Waals surface area (Å²) in [5.41, 5.74) is 4.46. The molecule has 2 fully saturated rings. The number of piperazine rings is 1. The quantitative estimate of drug-likeness (QED) is 0.482. The van der Waals surface area contributed by atoms with Gasteiger partial charge >= 0.3 is 12.1 Å². The van der Waals surface area contributed by atoms with Gasteiger partial charge in [0.05, 0.1) is 24.2 Å². The largest absolute Gasteiger partial charge is 0.465 e. The number of hydrogen-bond donors (Lipinski definition) is 1. The predicted molar refractivity (Wildman–Crippen MR) is 158 cm³/mol. The van der Waals surface area contributed by atoms with E-state index in [1.54, 1.807) is 0 Å². The third-order valence-electron chi connectivity index (χ3n) is 8.88. The second kappa shape index (κ2) is 11.4. The van der Waals surface area contributed by atoms with E-state index >= 15 is 0 Å². The molecule has 3 aromatic rings. The first-order chi connectivity index (χ1) is 19.9. The monoisotopic (exact) mass is 555 g/mol. The maximum absolute atomic E-state index is 11.9. The standard InChI is InChI=1S/C31H37N7O3/c1-21-6-3-7-22-8-4-10-27(28(21)22)36-15-12-26-25(19-36)29(34-30(33-26)41-20-24-9-5-14-35(24)2)37-16-17-38(31(39)40)23(18-37)11-13-32/h3-4,6-8,10,23-24H,5,9,11-12,14-20H2,1-2H3,(H,39,40)/t23-,24-/m0/s1. The molecule has 0 saturated carbocycles. The van der Waals surface area contributed by atoms with Crippen LogP contribution in [0.5, 0.6) is 6.01 Å². The lowest BCUT2D eigenvalue weighted by molar-refractivity contribution is 0.119. The molecule has 41 heavy (non-hydrogen) atoms. The van der Waals surface area contributed by atoms with E-state index in [-0.39, 0.29) is 6.42 Å². The van der Waals surface area contributed by atoms with Gasteiger partial charge < -0.3 is 29.4 Å². The van der Waals surface area contributed by atoms with Crippen LogP contribution in [-0.2, 0) is 13.0 Å². The van der Waals surface area contributed by atoms with Crippen LogP contribution in [0.15, 0.2) is 36.4 Å². The molecule has 3 aliphatic rings. The van der Waals surface area contributed by atoms with E-state index in [9.17, 15) is 15.2 Å². The molecule has 10 nitrogen and oxygen atoms in total. The zero-order valence-corrected chi connectivity index (χ0v) is 23.8. The highest BCUT2D eigenvalue weighted by molar-refractivity contribution is 5.97. The molecule has 4 heterocycles. The van der Waals surface area contributed by atoms with Crippen LogP contribution >= 0.6 is 0 Å². The Kier molecular flexibility index (Phi) is 7.54. The van der Waals surface area contributed by atoms with Gasteiger partial charge in [0.25, 0.3) is 0 Å². The lowest BCUT2D eigenvalue weighted by atomic mass is 9.99. The van der Waals surface area contributed by atoms with Gasteiger partial charge in [0, 0.05) is 61.8 Å². The van der Waals surface area contributed by atoms with Crippen molar-refractivity contribution in [3.05, 3.63) is 53.2 Å². The van der Waals surface area contributed by atoms with Crippen molar-refractivity contribution in [1.82, 2.24) is 19.8 Å². The Hall–Kier alpha value is -4.10. The maximum Gasteiger partial charge on any atom is 0.407 e. The van der Waals surface area contributed by atoms with Crippen molar-refractivity contribution < 1.29 is 14.6 Å². The van der Waals surface area contributed by atoms with Crippen LogP contribution in [0, 0.1) is 18.3 Å². The Balaban J connectivity index is 1.35. The first-order valence-corrected chi connectivity index (χ1v) is 14.5. The van der Waals surface area contributed by atoms with Gasteiger partial charge in [-0.1, -0.05) is 30.3 Å². The van der Waals surface area contributed by atoms with Gasteiger partial charge in [-0.2, -0.15) is 15.2 Å². The molecular weight excluding hydrogens is 518 g/mol. The van der Waals surface area contributed by atoms with Crippen LogP contribution in [0.2, 0.25) is 0 Å². The van der Waals surface area contributed by atoms with E-state index in [1.165, 1.54) is 33.3 Å². The Labute approximate surface area is 240 Å². The molecule has 0 radical (unpaired) electrons. The highest BCUT2D eigenvalue weighted by atomic mass is 16.5. The SMILES string of the molecule is Cc1cccc2cccc(N3CCc4nc(OC[C@@H]5CCCN5C)nc(N5CCN(C(=O)O)[C@@H](CC#N)C5)c4C3)c12. The Morgan fingerprint density at radius 2 is 1.93 bits per heavy atom. The van der Waals surface area contributed by atoms with Gasteiger partial charge in [0.1, 0.15) is 12.4 Å². The number of ether oxygens (including phenoxy) is 1. The van der Waals surface area contributed by atoms with E-state index < -0.39 is 12.1 Å². The normalized spacial score (nSPS) is 21.1. The van der Waals surface area contributed by atoms with E-state index in [0.29, 0.717) is 44.8 Å². The number of aryl methyl sites for hydroxylation is 1. The minimum atomic E-state index is -0.989. The molecule has 2 aromatic carbocycles. The van der Waals surface area contributed by atoms with Crippen molar-refractivity contribution >= 4 is 28.4 Å². The minimum absolute atomic E-state index is 0.134. The Bertz CT molecular complexity index is 1480. The highest BCUT2D eigenvalue weighted by Gasteiger charge is 2.34. The third kappa shape index (κ3) is 5.34. The van der Waals surface area contributed by atoms with Crippen LogP contribution in [0.1, 0.15) is 36.1 Å². The van der Waals surface area contributed by atoms with Crippen molar-refractivity contribution in [3.8, 4) is 12.1 Å². The summed E-state index contributed by atoms with van der Waals surface area (Å²) < 4.78 is 6.22. The summed E-state index contributed by atoms with van der Waals surface area (Å²) >= 11 is 0. The highest BCUT2D eigenvalue weighted by Crippen LogP contribution is 2.36. The fourth-order valence-electron chi connectivity index (χ4n) is 6.62. The van der Waals surface area contributed by atoms with Gasteiger partial charge in [0.2, 0.25) is 0 Å². The number of hydrogen-bond acceptors (Lipinski definition) is 8. The third-order valence-corrected chi connectivity index (χ3v) is 8.88. The summed E-state index contributed by atoms with van der Waals surface area (Å²) in [7, 11) is 2.13. The van der Waals surface area contributed by atoms with E-state index in [2.05, 4.69) is 71.1 Å². The topological polar surface area (TPSA) is 109 Å². The molecule has 2 saturated heterocycles. The lowest BCUT2D eigenvalue weighted by Gasteiger charge is -2.41. The molecule has 214 valence electrons. The van der Waals surface area contributed by atoms with Crippen molar-refractivity contribution in [2.24, 2.45) is 0 Å². The zero-order chi connectivity index (χ0) is 28.5. The lowest BCUT2D eigenvalue weighted by Crippen LogP contribution is -2.55. The minimum Gasteiger partial charge on any atom is -0.465 e. The predicted octanol–water partition coefficient (Wildman–Crippen LogP) is 4.06. The molecule has 0 bridgehead atoms. The number of fused-ring (bicyclic) bond motifs is 2. The van der Waals surface area contributed by atoms with E-state index in [0.717, 1.165) is 43.0 Å². The average Bonchev–Trinajstić information content (AvgIpc) is 3.39. The summed E-state index contributed by atoms with van der Waals surface area (Å²) in [6.07, 6.45) is 2.16. The first kappa shape index (κ1) is 27.1. The number of nitriles is 1. The number of nitrogens with zero attached hydrogens (tertiary/aromatic N) is 7. The smallest absolute Gasteiger partial charge is 0.407 e. The zero-order valence-electron chi connectivity index (χ0n) is 23.8. The number of benzene rings is 2. The van der Waals surface area contributed by atoms with Gasteiger partial charge in [-0.15, -0.1) is 0 Å². The van der Waals surface area contributed by atoms with Crippen LogP contribution in [0.4, 0.5) is 16.3 Å². The summed E-state index contributed by atoms with van der Waals surface area (Å²) in [4.78, 5) is 30.0. The van der Waals surface area contributed by atoms with Crippen LogP contribution in [-0.4, -0.2) is 89.4 Å². The molecule has 0 aliphatic carbocycles. The van der Waals surface area contributed by atoms with Crippen molar-refractivity contribution in [3.63, 3.8) is 0 Å². The van der Waals surface area contributed by atoms with Gasteiger partial charge in [-0.05, 0) is 50.4 Å². The molecule has 3 aliphatic heterocycles. The number of carbonyl (C=O) groups is 1. The number of amides is 1. The molecule has 1 aromatic heterocycles. The van der Waals surface area contributed by atoms with E-state index in [1.807, 2.05) is 0 Å². The van der Waals surface area contributed by atoms with Crippen LogP contribution in [0.25, 0.3) is 10.8 Å². The summed E-state index contributed by atoms with van der Waals surface area (Å²) in [5.74, 6) is 0.791. The fourth-order valence-corrected chi connectivity index (χ4v) is 6.62. The number of carboxylic acid groups (broad SMARTS) is 1. The first-order valence-electron chi connectivity index (χ1n) is 14.5. The summed E-state index contributed by atoms with van der Waals surface area (Å²) in [6.45, 7) is 6.45. The number of likely N-dealkylation sites (N-methyl/N-ethyl adjacent to an activating group) is 1. The van der Waals surface area contributed by atoms with Gasteiger partial charge in [0.15, 0.2) is 0 Å². The second-order valence-electron chi connectivity index (χ2n) is 11.4. The van der Waals surface area contributed by atoms with Crippen LogP contribution in [0.3, 0.4) is 0 Å². The Morgan fingerprint density at radius 3 is 2.68 bits per heavy atom. The van der Waals surface area contributed by atoms with Crippen molar-refractivity contribution in [2.75, 3.05) is 56.2 Å².